The molecule has 1 heterocycles. The average Bonchev–Trinajstić information content (AvgIpc) is 3.38. The summed E-state index contributed by atoms with van der Waals surface area (Å²) in [6, 6.07) is 7.98. The summed E-state index contributed by atoms with van der Waals surface area (Å²) in [7, 11) is 0. The molecule has 0 atom stereocenters. The van der Waals surface area contributed by atoms with E-state index in [2.05, 4.69) is 9.88 Å². The minimum absolute atomic E-state index is 0.0606. The Labute approximate surface area is 149 Å². The van der Waals surface area contributed by atoms with Crippen LogP contribution in [0.25, 0.3) is 0 Å². The first kappa shape index (κ1) is 17.7. The van der Waals surface area contributed by atoms with E-state index in [0.717, 1.165) is 24.2 Å². The van der Waals surface area contributed by atoms with Crippen molar-refractivity contribution in [3.8, 4) is 0 Å². The lowest BCUT2D eigenvalue weighted by Gasteiger charge is -2.08. The first-order valence-corrected chi connectivity index (χ1v) is 8.27. The Kier molecular flexibility index (Phi) is 4.75. The summed E-state index contributed by atoms with van der Waals surface area (Å²) >= 11 is 0. The molecule has 0 bridgehead atoms. The zero-order valence-electron chi connectivity index (χ0n) is 14.5. The van der Waals surface area contributed by atoms with Crippen LogP contribution in [0.1, 0.15) is 40.6 Å². The van der Waals surface area contributed by atoms with Crippen molar-refractivity contribution >= 4 is 23.3 Å². The minimum Gasteiger partial charge on any atom is -0.452 e. The van der Waals surface area contributed by atoms with Crippen molar-refractivity contribution in [2.45, 2.75) is 32.7 Å². The fraction of sp³-hybridized carbons (Fsp3) is 0.333. The number of aromatic nitrogens is 1. The molecule has 0 radical (unpaired) electrons. The molecule has 26 heavy (non-hydrogen) atoms. The molecule has 1 aliphatic rings. The van der Waals surface area contributed by atoms with Gasteiger partial charge in [0.15, 0.2) is 6.61 Å². The number of esters is 1. The molecule has 136 valence electrons. The number of amides is 1. The van der Waals surface area contributed by atoms with Gasteiger partial charge in [0.05, 0.1) is 10.5 Å². The molecule has 3 rings (SSSR count). The van der Waals surface area contributed by atoms with E-state index in [0.29, 0.717) is 11.6 Å². The first-order chi connectivity index (χ1) is 12.4. The maximum Gasteiger partial charge on any atom is 0.340 e. The van der Waals surface area contributed by atoms with E-state index in [-0.39, 0.29) is 11.4 Å². The predicted octanol–water partition coefficient (Wildman–Crippen LogP) is 3.14. The number of rotatable bonds is 6. The van der Waals surface area contributed by atoms with E-state index in [4.69, 9.17) is 4.74 Å². The lowest BCUT2D eigenvalue weighted by Crippen LogP contribution is -2.21. The van der Waals surface area contributed by atoms with Crippen LogP contribution in [0.15, 0.2) is 30.3 Å². The summed E-state index contributed by atoms with van der Waals surface area (Å²) < 4.78 is 7.19. The number of hydrogen-bond acceptors (Lipinski definition) is 5. The number of nitro benzene ring substituents is 1. The lowest BCUT2D eigenvalue weighted by molar-refractivity contribution is -0.383. The highest BCUT2D eigenvalue weighted by Gasteiger charge is 2.29. The van der Waals surface area contributed by atoms with E-state index in [1.165, 1.54) is 18.2 Å². The Hall–Kier alpha value is -3.16. The molecule has 1 fully saturated rings. The zero-order valence-corrected chi connectivity index (χ0v) is 14.5. The highest BCUT2D eigenvalue weighted by molar-refractivity contribution is 5.97. The fourth-order valence-electron chi connectivity index (χ4n) is 3.01. The fourth-order valence-corrected chi connectivity index (χ4v) is 3.01. The van der Waals surface area contributed by atoms with Crippen molar-refractivity contribution in [3.63, 3.8) is 0 Å². The van der Waals surface area contributed by atoms with Crippen molar-refractivity contribution in [2.24, 2.45) is 0 Å². The monoisotopic (exact) mass is 357 g/mol. The Morgan fingerprint density at radius 2 is 2.00 bits per heavy atom. The third-order valence-corrected chi connectivity index (χ3v) is 4.33. The third kappa shape index (κ3) is 3.58. The van der Waals surface area contributed by atoms with Crippen LogP contribution in [0.2, 0.25) is 0 Å². The molecule has 0 saturated heterocycles. The SMILES string of the molecule is Cc1cc(C(=O)OCC(=O)Nc2ccccc2[N+](=O)[O-])c(C)n1C1CC1. The number of benzene rings is 1. The van der Waals surface area contributed by atoms with Crippen LogP contribution in [0.3, 0.4) is 0 Å². The highest BCUT2D eigenvalue weighted by atomic mass is 16.6. The summed E-state index contributed by atoms with van der Waals surface area (Å²) in [6.07, 6.45) is 2.20. The lowest BCUT2D eigenvalue weighted by atomic mass is 10.2. The molecule has 2 aromatic rings. The molecule has 8 nitrogen and oxygen atoms in total. The summed E-state index contributed by atoms with van der Waals surface area (Å²) in [5, 5.41) is 13.3. The molecule has 0 aliphatic heterocycles. The molecular formula is C18H19N3O5. The van der Waals surface area contributed by atoms with Gasteiger partial charge in [-0.2, -0.15) is 0 Å². The molecule has 8 heteroatoms. The van der Waals surface area contributed by atoms with Crippen molar-refractivity contribution in [2.75, 3.05) is 11.9 Å². The van der Waals surface area contributed by atoms with Gasteiger partial charge in [0.2, 0.25) is 0 Å². The van der Waals surface area contributed by atoms with Crippen LogP contribution in [0.5, 0.6) is 0 Å². The van der Waals surface area contributed by atoms with Gasteiger partial charge in [0.1, 0.15) is 5.69 Å². The molecule has 1 aliphatic carbocycles. The maximum absolute atomic E-state index is 12.3. The van der Waals surface area contributed by atoms with E-state index in [1.54, 1.807) is 12.1 Å². The number of ether oxygens (including phenoxy) is 1. The number of carbonyl (C=O) groups is 2. The van der Waals surface area contributed by atoms with Gasteiger partial charge in [-0.3, -0.25) is 14.9 Å². The van der Waals surface area contributed by atoms with Crippen molar-refractivity contribution < 1.29 is 19.2 Å². The molecule has 1 amide bonds. The predicted molar refractivity (Wildman–Crippen MR) is 94.2 cm³/mol. The Morgan fingerprint density at radius 3 is 2.65 bits per heavy atom. The third-order valence-electron chi connectivity index (χ3n) is 4.33. The van der Waals surface area contributed by atoms with E-state index >= 15 is 0 Å². The number of aryl methyl sites for hydroxylation is 1. The summed E-state index contributed by atoms with van der Waals surface area (Å²) in [5.74, 6) is -1.22. The standard InChI is InChI=1S/C18H19N3O5/c1-11-9-14(12(2)20(11)13-7-8-13)18(23)26-10-17(22)19-15-5-3-4-6-16(15)21(24)25/h3-6,9,13H,7-8,10H2,1-2H3,(H,19,22). The summed E-state index contributed by atoms with van der Waals surface area (Å²) in [4.78, 5) is 34.6. The van der Waals surface area contributed by atoms with E-state index in [9.17, 15) is 19.7 Å². The second kappa shape index (κ2) is 6.99. The van der Waals surface area contributed by atoms with E-state index < -0.39 is 23.4 Å². The van der Waals surface area contributed by atoms with Crippen LogP contribution in [-0.2, 0) is 9.53 Å². The highest BCUT2D eigenvalue weighted by Crippen LogP contribution is 2.38. The van der Waals surface area contributed by atoms with Crippen molar-refractivity contribution in [1.82, 2.24) is 4.57 Å². The molecule has 1 aromatic heterocycles. The van der Waals surface area contributed by atoms with Crippen LogP contribution in [0.4, 0.5) is 11.4 Å². The van der Waals surface area contributed by atoms with Gasteiger partial charge < -0.3 is 14.6 Å². The Morgan fingerprint density at radius 1 is 1.31 bits per heavy atom. The van der Waals surface area contributed by atoms with Crippen LogP contribution >= 0.6 is 0 Å². The van der Waals surface area contributed by atoms with Gasteiger partial charge in [0.25, 0.3) is 11.6 Å². The second-order valence-electron chi connectivity index (χ2n) is 6.28. The number of nitrogens with one attached hydrogen (secondary N) is 1. The number of nitro groups is 1. The minimum atomic E-state index is -0.636. The normalized spacial score (nSPS) is 13.3. The number of nitrogens with zero attached hydrogens (tertiary/aromatic N) is 2. The van der Waals surface area contributed by atoms with Crippen LogP contribution in [0, 0.1) is 24.0 Å². The van der Waals surface area contributed by atoms with Gasteiger partial charge in [-0.05, 0) is 38.8 Å². The maximum atomic E-state index is 12.3. The van der Waals surface area contributed by atoms with Gasteiger partial charge in [-0.15, -0.1) is 0 Å². The van der Waals surface area contributed by atoms with Crippen LogP contribution < -0.4 is 5.32 Å². The second-order valence-corrected chi connectivity index (χ2v) is 6.28. The number of para-hydroxylation sites is 2. The first-order valence-electron chi connectivity index (χ1n) is 8.27. The zero-order chi connectivity index (χ0) is 18.8. The van der Waals surface area contributed by atoms with Gasteiger partial charge in [-0.1, -0.05) is 12.1 Å². The topological polar surface area (TPSA) is 103 Å². The molecule has 0 unspecified atom stereocenters. The van der Waals surface area contributed by atoms with Gasteiger partial charge in [0, 0.05) is 23.5 Å². The average molecular weight is 357 g/mol. The Balaban J connectivity index is 1.62. The number of hydrogen-bond donors (Lipinski definition) is 1. The molecular weight excluding hydrogens is 338 g/mol. The summed E-state index contributed by atoms with van der Waals surface area (Å²) in [5.41, 5.74) is 2.09. The number of carbonyl (C=O) groups excluding carboxylic acids is 2. The molecule has 0 spiro atoms. The smallest absolute Gasteiger partial charge is 0.340 e. The quantitative estimate of drug-likeness (QED) is 0.486. The van der Waals surface area contributed by atoms with Gasteiger partial charge >= 0.3 is 5.97 Å². The van der Waals surface area contributed by atoms with Crippen molar-refractivity contribution in [1.29, 1.82) is 0 Å². The number of anilines is 1. The molecule has 1 N–H and O–H groups in total. The molecule has 1 aromatic carbocycles. The van der Waals surface area contributed by atoms with Crippen LogP contribution in [-0.4, -0.2) is 28.0 Å². The molecule has 1 saturated carbocycles. The largest absolute Gasteiger partial charge is 0.452 e. The Bertz CT molecular complexity index is 883. The summed E-state index contributed by atoms with van der Waals surface area (Å²) in [6.45, 7) is 3.27. The van der Waals surface area contributed by atoms with Crippen molar-refractivity contribution in [3.05, 3.63) is 57.4 Å². The van der Waals surface area contributed by atoms with Gasteiger partial charge in [-0.25, -0.2) is 4.79 Å². The van der Waals surface area contributed by atoms with E-state index in [1.807, 2.05) is 13.8 Å².